The highest BCUT2D eigenvalue weighted by molar-refractivity contribution is 5.46. The average molecular weight is 155 g/mol. The highest BCUT2D eigenvalue weighted by atomic mass is 16.1. The molecule has 0 saturated heterocycles. The van der Waals surface area contributed by atoms with Crippen molar-refractivity contribution in [2.24, 2.45) is 11.8 Å². The Hall–Kier alpha value is -0.530. The maximum Gasteiger partial charge on any atom is 0.207 e. The summed E-state index contributed by atoms with van der Waals surface area (Å²) in [5.41, 5.74) is 0. The lowest BCUT2D eigenvalue weighted by atomic mass is 9.78. The molecule has 1 aliphatic rings. The maximum absolute atomic E-state index is 10.2. The molecular formula is C9H17NO. The summed E-state index contributed by atoms with van der Waals surface area (Å²) in [4.78, 5) is 10.2. The van der Waals surface area contributed by atoms with Gasteiger partial charge < -0.3 is 5.32 Å². The van der Waals surface area contributed by atoms with Crippen LogP contribution in [0.5, 0.6) is 0 Å². The van der Waals surface area contributed by atoms with Gasteiger partial charge in [-0.3, -0.25) is 4.79 Å². The van der Waals surface area contributed by atoms with Crippen LogP contribution in [0.3, 0.4) is 0 Å². The van der Waals surface area contributed by atoms with Gasteiger partial charge in [0.05, 0.1) is 0 Å². The van der Waals surface area contributed by atoms with Crippen LogP contribution in [-0.4, -0.2) is 12.5 Å². The zero-order valence-electron chi connectivity index (χ0n) is 7.34. The van der Waals surface area contributed by atoms with E-state index in [1.54, 1.807) is 0 Å². The molecule has 1 aliphatic carbocycles. The molecule has 0 heterocycles. The van der Waals surface area contributed by atoms with E-state index in [0.717, 1.165) is 18.7 Å². The van der Waals surface area contributed by atoms with Crippen LogP contribution in [0, 0.1) is 11.8 Å². The largest absolute Gasteiger partial charge is 0.356 e. The molecule has 0 unspecified atom stereocenters. The first-order valence-corrected chi connectivity index (χ1v) is 4.45. The van der Waals surface area contributed by atoms with E-state index in [-0.39, 0.29) is 0 Å². The van der Waals surface area contributed by atoms with Crippen LogP contribution in [0.2, 0.25) is 0 Å². The van der Waals surface area contributed by atoms with Gasteiger partial charge in [0.25, 0.3) is 0 Å². The zero-order chi connectivity index (χ0) is 8.27. The molecular weight excluding hydrogens is 138 g/mol. The number of carbonyl (C=O) groups excluding carboxylic acids is 1. The lowest BCUT2D eigenvalue weighted by molar-refractivity contribution is -0.110. The first-order valence-electron chi connectivity index (χ1n) is 4.45. The Labute approximate surface area is 68.4 Å². The van der Waals surface area contributed by atoms with Crippen molar-refractivity contribution in [2.75, 3.05) is 0 Å². The van der Waals surface area contributed by atoms with Crippen molar-refractivity contribution >= 4 is 6.41 Å². The van der Waals surface area contributed by atoms with E-state index in [0.29, 0.717) is 12.0 Å². The normalized spacial score (nSPS) is 38.2. The Kier molecular flexibility index (Phi) is 2.92. The van der Waals surface area contributed by atoms with Gasteiger partial charge in [0, 0.05) is 6.04 Å². The van der Waals surface area contributed by atoms with Crippen molar-refractivity contribution in [1.82, 2.24) is 5.32 Å². The Morgan fingerprint density at radius 1 is 1.36 bits per heavy atom. The molecule has 1 rings (SSSR count). The van der Waals surface area contributed by atoms with Gasteiger partial charge in [-0.2, -0.15) is 0 Å². The topological polar surface area (TPSA) is 29.1 Å². The van der Waals surface area contributed by atoms with E-state index in [1.165, 1.54) is 12.8 Å². The monoisotopic (exact) mass is 155 g/mol. The van der Waals surface area contributed by atoms with Gasteiger partial charge >= 0.3 is 0 Å². The van der Waals surface area contributed by atoms with Crippen molar-refractivity contribution in [1.29, 1.82) is 0 Å². The number of nitrogens with one attached hydrogen (secondary N) is 1. The Morgan fingerprint density at radius 3 is 2.73 bits per heavy atom. The Bertz CT molecular complexity index is 136. The third kappa shape index (κ3) is 1.95. The second-order valence-corrected chi connectivity index (χ2v) is 3.66. The SMILES string of the molecule is C[C@H]1[C@H](C)CCC[C@@H]1NC=O. The quantitative estimate of drug-likeness (QED) is 0.602. The van der Waals surface area contributed by atoms with Crippen molar-refractivity contribution in [3.05, 3.63) is 0 Å². The first kappa shape index (κ1) is 8.57. The van der Waals surface area contributed by atoms with E-state index < -0.39 is 0 Å². The van der Waals surface area contributed by atoms with Crippen LogP contribution < -0.4 is 5.32 Å². The van der Waals surface area contributed by atoms with E-state index in [1.807, 2.05) is 0 Å². The highest BCUT2D eigenvalue weighted by Crippen LogP contribution is 2.28. The fraction of sp³-hybridized carbons (Fsp3) is 0.889. The smallest absolute Gasteiger partial charge is 0.207 e. The third-order valence-electron chi connectivity index (χ3n) is 2.99. The second-order valence-electron chi connectivity index (χ2n) is 3.66. The summed E-state index contributed by atoms with van der Waals surface area (Å²) in [5.74, 6) is 1.41. The minimum Gasteiger partial charge on any atom is -0.356 e. The number of carbonyl (C=O) groups is 1. The van der Waals surface area contributed by atoms with Gasteiger partial charge in [-0.25, -0.2) is 0 Å². The van der Waals surface area contributed by atoms with Crippen molar-refractivity contribution in [3.8, 4) is 0 Å². The van der Waals surface area contributed by atoms with Crippen LogP contribution in [0.4, 0.5) is 0 Å². The molecule has 0 bridgehead atoms. The van der Waals surface area contributed by atoms with Crippen LogP contribution in [0.25, 0.3) is 0 Å². The van der Waals surface area contributed by atoms with E-state index in [4.69, 9.17) is 0 Å². The Balaban J connectivity index is 2.43. The van der Waals surface area contributed by atoms with Gasteiger partial charge in [-0.15, -0.1) is 0 Å². The van der Waals surface area contributed by atoms with Crippen molar-refractivity contribution in [3.63, 3.8) is 0 Å². The Morgan fingerprint density at radius 2 is 2.09 bits per heavy atom. The molecule has 2 heteroatoms. The molecule has 1 saturated carbocycles. The molecule has 0 aliphatic heterocycles. The minimum atomic E-state index is 0.427. The fourth-order valence-corrected chi connectivity index (χ4v) is 1.90. The summed E-state index contributed by atoms with van der Waals surface area (Å²) in [6.07, 6.45) is 4.57. The third-order valence-corrected chi connectivity index (χ3v) is 2.99. The highest BCUT2D eigenvalue weighted by Gasteiger charge is 2.25. The first-order chi connectivity index (χ1) is 5.25. The fourth-order valence-electron chi connectivity index (χ4n) is 1.90. The van der Waals surface area contributed by atoms with Gasteiger partial charge in [0.15, 0.2) is 0 Å². The van der Waals surface area contributed by atoms with Gasteiger partial charge in [0.1, 0.15) is 0 Å². The molecule has 64 valence electrons. The average Bonchev–Trinajstić information content (AvgIpc) is 1.99. The molecule has 1 amide bonds. The molecule has 3 atom stereocenters. The predicted molar refractivity (Wildman–Crippen MR) is 45.2 cm³/mol. The molecule has 0 aromatic rings. The van der Waals surface area contributed by atoms with Crippen LogP contribution in [0.1, 0.15) is 33.1 Å². The lowest BCUT2D eigenvalue weighted by Crippen LogP contribution is -2.39. The van der Waals surface area contributed by atoms with E-state index in [2.05, 4.69) is 19.2 Å². The molecule has 2 nitrogen and oxygen atoms in total. The van der Waals surface area contributed by atoms with Crippen LogP contribution in [-0.2, 0) is 4.79 Å². The summed E-state index contributed by atoms with van der Waals surface area (Å²) in [5, 5.41) is 2.88. The second kappa shape index (κ2) is 3.74. The molecule has 0 spiro atoms. The van der Waals surface area contributed by atoms with Gasteiger partial charge in [0.2, 0.25) is 6.41 Å². The number of hydrogen-bond acceptors (Lipinski definition) is 1. The summed E-state index contributed by atoms with van der Waals surface area (Å²) in [7, 11) is 0. The van der Waals surface area contributed by atoms with Crippen molar-refractivity contribution < 1.29 is 4.79 Å². The number of amides is 1. The number of hydrogen-bond donors (Lipinski definition) is 1. The standard InChI is InChI=1S/C9H17NO/c1-7-4-3-5-9(8(7)2)10-6-11/h6-9H,3-5H2,1-2H3,(H,10,11)/t7-,8+,9+/m1/s1. The summed E-state index contributed by atoms with van der Waals surface area (Å²) in [6.45, 7) is 4.49. The molecule has 0 radical (unpaired) electrons. The van der Waals surface area contributed by atoms with E-state index >= 15 is 0 Å². The molecule has 0 aromatic heterocycles. The maximum atomic E-state index is 10.2. The lowest BCUT2D eigenvalue weighted by Gasteiger charge is -2.33. The van der Waals surface area contributed by atoms with Crippen molar-refractivity contribution in [2.45, 2.75) is 39.2 Å². The van der Waals surface area contributed by atoms with Crippen LogP contribution >= 0.6 is 0 Å². The predicted octanol–water partition coefficient (Wildman–Crippen LogP) is 1.56. The minimum absolute atomic E-state index is 0.427. The molecule has 1 fully saturated rings. The summed E-state index contributed by atoms with van der Waals surface area (Å²) >= 11 is 0. The van der Waals surface area contributed by atoms with Gasteiger partial charge in [-0.05, 0) is 18.3 Å². The zero-order valence-corrected chi connectivity index (χ0v) is 7.34. The molecule has 0 aromatic carbocycles. The summed E-state index contributed by atoms with van der Waals surface area (Å²) < 4.78 is 0. The molecule has 1 N–H and O–H groups in total. The van der Waals surface area contributed by atoms with Gasteiger partial charge in [-0.1, -0.05) is 26.7 Å². The summed E-state index contributed by atoms with van der Waals surface area (Å²) in [6, 6.07) is 0.427. The van der Waals surface area contributed by atoms with E-state index in [9.17, 15) is 4.79 Å². The van der Waals surface area contributed by atoms with Crippen LogP contribution in [0.15, 0.2) is 0 Å². The number of rotatable bonds is 2. The molecule has 11 heavy (non-hydrogen) atoms.